The first-order valence-electron chi connectivity index (χ1n) is 11.8. The minimum atomic E-state index is 0.255. The van der Waals surface area contributed by atoms with Gasteiger partial charge in [0.25, 0.3) is 0 Å². The van der Waals surface area contributed by atoms with Crippen molar-refractivity contribution in [1.82, 2.24) is 14.8 Å². The third kappa shape index (κ3) is 4.32. The van der Waals surface area contributed by atoms with Crippen molar-refractivity contribution < 1.29 is 0 Å². The van der Waals surface area contributed by atoms with Crippen molar-refractivity contribution >= 4 is 28.9 Å². The number of nitrogens with one attached hydrogen (secondary N) is 3. The molecule has 3 heterocycles. The van der Waals surface area contributed by atoms with Gasteiger partial charge in [-0.3, -0.25) is 20.6 Å². The van der Waals surface area contributed by atoms with E-state index in [0.29, 0.717) is 17.5 Å². The average molecular weight is 454 g/mol. The van der Waals surface area contributed by atoms with Gasteiger partial charge < -0.3 is 10.2 Å². The van der Waals surface area contributed by atoms with Crippen LogP contribution in [0.4, 0.5) is 17.2 Å². The van der Waals surface area contributed by atoms with Gasteiger partial charge >= 0.3 is 0 Å². The van der Waals surface area contributed by atoms with Crippen LogP contribution in [0.25, 0.3) is 0 Å². The molecule has 0 aliphatic carbocycles. The van der Waals surface area contributed by atoms with Crippen LogP contribution in [-0.2, 0) is 6.54 Å². The third-order valence-corrected chi connectivity index (χ3v) is 6.88. The maximum absolute atomic E-state index is 9.03. The zero-order valence-corrected chi connectivity index (χ0v) is 19.8. The summed E-state index contributed by atoms with van der Waals surface area (Å²) in [4.78, 5) is 11.0. The second-order valence-corrected chi connectivity index (χ2v) is 9.22. The van der Waals surface area contributed by atoms with E-state index in [1.807, 2.05) is 48.5 Å². The summed E-state index contributed by atoms with van der Waals surface area (Å²) in [5.41, 5.74) is 4.25. The summed E-state index contributed by atoms with van der Waals surface area (Å²) >= 11 is 0. The van der Waals surface area contributed by atoms with Crippen LogP contribution in [0.15, 0.2) is 66.9 Å². The fourth-order valence-corrected chi connectivity index (χ4v) is 4.82. The number of nitrogens with zero attached hydrogens (tertiary/aromatic N) is 4. The van der Waals surface area contributed by atoms with Crippen molar-refractivity contribution in [3.8, 4) is 0 Å². The quantitative estimate of drug-likeness (QED) is 0.400. The maximum atomic E-state index is 9.03. The van der Waals surface area contributed by atoms with Gasteiger partial charge in [0.1, 0.15) is 11.7 Å². The zero-order chi connectivity index (χ0) is 23.7. The molecule has 0 spiro atoms. The molecule has 0 saturated carbocycles. The summed E-state index contributed by atoms with van der Waals surface area (Å²) in [6, 6.07) is 20.2. The number of para-hydroxylation sites is 1. The number of amidine groups is 2. The first kappa shape index (κ1) is 22.3. The lowest BCUT2D eigenvalue weighted by Gasteiger charge is -2.35. The van der Waals surface area contributed by atoms with Crippen molar-refractivity contribution in [2.24, 2.45) is 0 Å². The van der Waals surface area contributed by atoms with Crippen molar-refractivity contribution in [1.29, 1.82) is 10.8 Å². The van der Waals surface area contributed by atoms with Crippen LogP contribution in [-0.4, -0.2) is 59.7 Å². The lowest BCUT2D eigenvalue weighted by Crippen LogP contribution is -2.41. The van der Waals surface area contributed by atoms with E-state index in [1.165, 1.54) is 18.4 Å². The van der Waals surface area contributed by atoms with E-state index < -0.39 is 0 Å². The predicted molar refractivity (Wildman–Crippen MR) is 139 cm³/mol. The molecule has 3 aromatic rings. The topological polar surface area (TPSA) is 82.3 Å². The summed E-state index contributed by atoms with van der Waals surface area (Å²) in [6.07, 6.45) is 4.13. The Labute approximate surface area is 201 Å². The highest BCUT2D eigenvalue weighted by molar-refractivity contribution is 6.30. The first-order valence-corrected chi connectivity index (χ1v) is 11.8. The number of pyridine rings is 1. The lowest BCUT2D eigenvalue weighted by molar-refractivity contribution is 0.139. The van der Waals surface area contributed by atoms with Crippen molar-refractivity contribution in [2.45, 2.75) is 25.4 Å². The molecule has 5 rings (SSSR count). The van der Waals surface area contributed by atoms with Crippen molar-refractivity contribution in [2.75, 3.05) is 37.4 Å². The van der Waals surface area contributed by atoms with Crippen LogP contribution in [0.1, 0.15) is 29.5 Å². The fourth-order valence-electron chi connectivity index (χ4n) is 4.82. The summed E-state index contributed by atoms with van der Waals surface area (Å²) in [5, 5.41) is 21.3. The molecule has 174 valence electrons. The van der Waals surface area contributed by atoms with E-state index in [0.717, 1.165) is 36.4 Å². The van der Waals surface area contributed by atoms with Gasteiger partial charge in [-0.25, -0.2) is 4.98 Å². The van der Waals surface area contributed by atoms with Gasteiger partial charge in [0.05, 0.1) is 11.4 Å². The van der Waals surface area contributed by atoms with E-state index >= 15 is 0 Å². The summed E-state index contributed by atoms with van der Waals surface area (Å²) in [6.45, 7) is 3.20. The van der Waals surface area contributed by atoms with Crippen molar-refractivity contribution in [3.63, 3.8) is 0 Å². The first-order chi connectivity index (χ1) is 16.5. The second-order valence-electron chi connectivity index (χ2n) is 9.22. The number of hydrogen-bond donors (Lipinski definition) is 3. The fraction of sp³-hybridized carbons (Fsp3) is 0.296. The highest BCUT2D eigenvalue weighted by atomic mass is 15.2. The van der Waals surface area contributed by atoms with E-state index in [9.17, 15) is 0 Å². The number of piperidine rings is 1. The van der Waals surface area contributed by atoms with Crippen LogP contribution >= 0.6 is 0 Å². The molecule has 2 aromatic carbocycles. The average Bonchev–Trinajstić information content (AvgIpc) is 2.98. The molecule has 0 unspecified atom stereocenters. The van der Waals surface area contributed by atoms with Crippen LogP contribution < -0.4 is 10.2 Å². The number of fused-ring (bicyclic) bond motifs is 2. The van der Waals surface area contributed by atoms with Crippen LogP contribution in [0.5, 0.6) is 0 Å². The van der Waals surface area contributed by atoms with E-state index in [4.69, 9.17) is 10.8 Å². The molecule has 1 fully saturated rings. The van der Waals surface area contributed by atoms with Crippen LogP contribution in [0, 0.1) is 10.8 Å². The highest BCUT2D eigenvalue weighted by Crippen LogP contribution is 2.34. The lowest BCUT2D eigenvalue weighted by atomic mass is 10.0. The molecule has 34 heavy (non-hydrogen) atoms. The maximum Gasteiger partial charge on any atom is 0.154 e. The monoisotopic (exact) mass is 453 g/mol. The normalized spacial score (nSPS) is 16.6. The molecule has 7 heteroatoms. The van der Waals surface area contributed by atoms with Crippen LogP contribution in [0.3, 0.4) is 0 Å². The minimum Gasteiger partial charge on any atom is -0.338 e. The van der Waals surface area contributed by atoms with Crippen LogP contribution in [0.2, 0.25) is 0 Å². The number of anilines is 3. The SMILES string of the molecule is CN1CCC(N(C)Cc2ccc(C(=N)N3C(=N)c4ccccc4Nc4ncccc43)cc2)CC1. The predicted octanol–water partition coefficient (Wildman–Crippen LogP) is 4.52. The Balaban J connectivity index is 1.38. The number of aromatic nitrogens is 1. The Kier molecular flexibility index (Phi) is 6.13. The van der Waals surface area contributed by atoms with Crippen molar-refractivity contribution in [3.05, 3.63) is 83.6 Å². The number of benzene rings is 2. The molecule has 1 aromatic heterocycles. The molecule has 0 radical (unpaired) electrons. The number of rotatable bonds is 4. The Bertz CT molecular complexity index is 1200. The standard InChI is InChI=1S/C27H31N7/c1-32-16-13-21(14-17-32)33(2)18-19-9-11-20(12-10-19)25(28)34-24-8-5-15-30-27(24)31-23-7-4-3-6-22(23)26(34)29/h3-12,15,21,28-29H,13-14,16-18H2,1-2H3,(H,30,31). The van der Waals surface area contributed by atoms with Gasteiger partial charge in [-0.15, -0.1) is 0 Å². The second kappa shape index (κ2) is 9.37. The summed E-state index contributed by atoms with van der Waals surface area (Å²) < 4.78 is 0. The summed E-state index contributed by atoms with van der Waals surface area (Å²) in [5.74, 6) is 1.15. The Hall–Kier alpha value is -3.55. The molecular weight excluding hydrogens is 422 g/mol. The van der Waals surface area contributed by atoms with Gasteiger partial charge in [-0.1, -0.05) is 36.4 Å². The number of likely N-dealkylation sites (tertiary alicyclic amines) is 1. The smallest absolute Gasteiger partial charge is 0.154 e. The molecule has 3 N–H and O–H groups in total. The molecule has 2 aliphatic rings. The molecule has 0 amide bonds. The minimum absolute atomic E-state index is 0.255. The summed E-state index contributed by atoms with van der Waals surface area (Å²) in [7, 11) is 4.40. The number of hydrogen-bond acceptors (Lipinski definition) is 6. The molecular formula is C27H31N7. The Morgan fingerprint density at radius 2 is 1.79 bits per heavy atom. The van der Waals surface area contributed by atoms with Gasteiger partial charge in [0.2, 0.25) is 0 Å². The molecule has 7 nitrogen and oxygen atoms in total. The Morgan fingerprint density at radius 3 is 2.56 bits per heavy atom. The molecule has 1 saturated heterocycles. The van der Waals surface area contributed by atoms with E-state index in [1.54, 1.807) is 11.1 Å². The molecule has 0 bridgehead atoms. The largest absolute Gasteiger partial charge is 0.338 e. The van der Waals surface area contributed by atoms with E-state index in [-0.39, 0.29) is 11.7 Å². The van der Waals surface area contributed by atoms with Gasteiger partial charge in [0.15, 0.2) is 5.82 Å². The van der Waals surface area contributed by atoms with Gasteiger partial charge in [0, 0.05) is 29.9 Å². The van der Waals surface area contributed by atoms with E-state index in [2.05, 4.69) is 46.3 Å². The molecule has 2 aliphatic heterocycles. The van der Waals surface area contributed by atoms with Gasteiger partial charge in [-0.2, -0.15) is 0 Å². The highest BCUT2D eigenvalue weighted by Gasteiger charge is 2.28. The third-order valence-electron chi connectivity index (χ3n) is 6.88. The zero-order valence-electron chi connectivity index (χ0n) is 19.8. The molecule has 0 atom stereocenters. The Morgan fingerprint density at radius 1 is 1.06 bits per heavy atom. The van der Waals surface area contributed by atoms with Gasteiger partial charge in [-0.05, 0) is 69.9 Å².